The summed E-state index contributed by atoms with van der Waals surface area (Å²) in [7, 11) is 0. The molecule has 0 atom stereocenters. The molecule has 1 aromatic carbocycles. The molecule has 0 spiro atoms. The highest BCUT2D eigenvalue weighted by atomic mass is 35.5. The van der Waals surface area contributed by atoms with Crippen LogP contribution in [0.15, 0.2) is 18.2 Å². The Morgan fingerprint density at radius 1 is 1.53 bits per heavy atom. The van der Waals surface area contributed by atoms with Crippen molar-refractivity contribution in [2.24, 2.45) is 0 Å². The minimum absolute atomic E-state index is 0.240. The summed E-state index contributed by atoms with van der Waals surface area (Å²) in [6, 6.07) is 4.56. The van der Waals surface area contributed by atoms with Crippen LogP contribution in [-0.4, -0.2) is 19.1 Å². The predicted octanol–water partition coefficient (Wildman–Crippen LogP) is 2.52. The highest BCUT2D eigenvalue weighted by Gasteiger charge is 2.05. The van der Waals surface area contributed by atoms with E-state index in [0.29, 0.717) is 30.1 Å². The van der Waals surface area contributed by atoms with E-state index in [2.05, 4.69) is 5.32 Å². The molecular weight excluding hydrogens is 245 g/mol. The quantitative estimate of drug-likeness (QED) is 0.630. The fourth-order valence-corrected chi connectivity index (χ4v) is 1.48. The van der Waals surface area contributed by atoms with Crippen molar-refractivity contribution >= 4 is 17.6 Å². The molecule has 0 heterocycles. The van der Waals surface area contributed by atoms with Crippen molar-refractivity contribution in [3.63, 3.8) is 0 Å². The maximum atomic E-state index is 13.3. The van der Waals surface area contributed by atoms with Crippen molar-refractivity contribution in [3.05, 3.63) is 34.6 Å². The number of hydrogen-bond donors (Lipinski definition) is 1. The Bertz CT molecular complexity index is 365. The number of ether oxygens (including phenoxy) is 1. The van der Waals surface area contributed by atoms with Gasteiger partial charge in [-0.1, -0.05) is 24.6 Å². The average Bonchev–Trinajstić information content (AvgIpc) is 2.31. The fraction of sp³-hybridized carbons (Fsp3) is 0.417. The van der Waals surface area contributed by atoms with Gasteiger partial charge < -0.3 is 10.1 Å². The molecule has 1 rings (SSSR count). The van der Waals surface area contributed by atoms with E-state index in [1.54, 1.807) is 19.1 Å². The second-order valence-corrected chi connectivity index (χ2v) is 3.86. The fourth-order valence-electron chi connectivity index (χ4n) is 1.25. The van der Waals surface area contributed by atoms with E-state index in [9.17, 15) is 9.18 Å². The van der Waals surface area contributed by atoms with Gasteiger partial charge in [-0.25, -0.2) is 4.39 Å². The van der Waals surface area contributed by atoms with Gasteiger partial charge in [0.05, 0.1) is 0 Å². The summed E-state index contributed by atoms with van der Waals surface area (Å²) in [6.45, 7) is 2.79. The molecule has 0 saturated carbocycles. The predicted molar refractivity (Wildman–Crippen MR) is 64.4 cm³/mol. The van der Waals surface area contributed by atoms with E-state index < -0.39 is 0 Å². The lowest BCUT2D eigenvalue weighted by Gasteiger charge is -2.08. The molecule has 0 aromatic heterocycles. The topological polar surface area (TPSA) is 38.3 Å². The number of carbonyl (C=O) groups excluding carboxylic acids is 1. The highest BCUT2D eigenvalue weighted by Crippen LogP contribution is 2.18. The molecule has 94 valence electrons. The number of nitrogens with one attached hydrogen (secondary N) is 1. The molecule has 0 aliphatic heterocycles. The molecule has 3 nitrogen and oxygen atoms in total. The van der Waals surface area contributed by atoms with E-state index in [4.69, 9.17) is 16.3 Å². The third-order valence-electron chi connectivity index (χ3n) is 2.19. The van der Waals surface area contributed by atoms with Gasteiger partial charge in [-0.2, -0.15) is 0 Å². The van der Waals surface area contributed by atoms with Crippen molar-refractivity contribution in [1.29, 1.82) is 0 Å². The van der Waals surface area contributed by atoms with Crippen molar-refractivity contribution in [2.75, 3.05) is 13.2 Å². The van der Waals surface area contributed by atoms with Crippen LogP contribution in [0.1, 0.15) is 18.9 Å². The van der Waals surface area contributed by atoms with Gasteiger partial charge >= 0.3 is 5.97 Å². The van der Waals surface area contributed by atoms with Crippen LogP contribution in [0.4, 0.5) is 4.39 Å². The molecule has 0 amide bonds. The summed E-state index contributed by atoms with van der Waals surface area (Å²) < 4.78 is 18.2. The zero-order valence-corrected chi connectivity index (χ0v) is 10.4. The minimum Gasteiger partial charge on any atom is -0.464 e. The van der Waals surface area contributed by atoms with Gasteiger partial charge in [-0.05, 0) is 12.1 Å². The Hall–Kier alpha value is -1.13. The number of carbonyl (C=O) groups is 1. The first-order valence-corrected chi connectivity index (χ1v) is 5.82. The second kappa shape index (κ2) is 7.25. The van der Waals surface area contributed by atoms with Crippen LogP contribution in [-0.2, 0) is 16.1 Å². The lowest BCUT2D eigenvalue weighted by Crippen LogP contribution is -2.21. The normalized spacial score (nSPS) is 10.3. The monoisotopic (exact) mass is 259 g/mol. The van der Waals surface area contributed by atoms with Gasteiger partial charge in [-0.3, -0.25) is 4.79 Å². The Balaban J connectivity index is 2.29. The molecule has 0 fully saturated rings. The van der Waals surface area contributed by atoms with Gasteiger partial charge in [0.25, 0.3) is 0 Å². The summed E-state index contributed by atoms with van der Waals surface area (Å²) in [5.74, 6) is -0.578. The van der Waals surface area contributed by atoms with Gasteiger partial charge in [0.15, 0.2) is 0 Å². The van der Waals surface area contributed by atoms with Gasteiger partial charge in [0.2, 0.25) is 0 Å². The van der Waals surface area contributed by atoms with Gasteiger partial charge in [0.1, 0.15) is 12.4 Å². The highest BCUT2D eigenvalue weighted by molar-refractivity contribution is 6.31. The first kappa shape index (κ1) is 13.9. The van der Waals surface area contributed by atoms with Crippen LogP contribution in [0, 0.1) is 5.82 Å². The summed E-state index contributed by atoms with van der Waals surface area (Å²) in [4.78, 5) is 10.8. The van der Waals surface area contributed by atoms with E-state index in [-0.39, 0.29) is 18.4 Å². The lowest BCUT2D eigenvalue weighted by molar-refractivity contribution is -0.143. The summed E-state index contributed by atoms with van der Waals surface area (Å²) in [5, 5.41) is 3.35. The minimum atomic E-state index is -0.337. The van der Waals surface area contributed by atoms with Crippen LogP contribution in [0.3, 0.4) is 0 Å². The Kier molecular flexibility index (Phi) is 5.94. The van der Waals surface area contributed by atoms with E-state index >= 15 is 0 Å². The number of esters is 1. The van der Waals surface area contributed by atoms with Crippen LogP contribution in [0.5, 0.6) is 0 Å². The first-order chi connectivity index (χ1) is 8.15. The van der Waals surface area contributed by atoms with Crippen molar-refractivity contribution in [3.8, 4) is 0 Å². The first-order valence-electron chi connectivity index (χ1n) is 5.44. The molecule has 5 heteroatoms. The van der Waals surface area contributed by atoms with Crippen molar-refractivity contribution in [1.82, 2.24) is 5.32 Å². The molecular formula is C12H15ClFNO2. The van der Waals surface area contributed by atoms with Crippen LogP contribution >= 0.6 is 11.6 Å². The standard InChI is InChI=1S/C12H15ClFNO2/c1-2-12(16)17-7-6-15-8-9-10(13)4-3-5-11(9)14/h3-5,15H,2,6-8H2,1H3. The lowest BCUT2D eigenvalue weighted by atomic mass is 10.2. The maximum absolute atomic E-state index is 13.3. The van der Waals surface area contributed by atoms with E-state index in [0.717, 1.165) is 0 Å². The largest absolute Gasteiger partial charge is 0.464 e. The molecule has 0 aliphatic carbocycles. The molecule has 0 aliphatic rings. The molecule has 1 N–H and O–H groups in total. The third-order valence-corrected chi connectivity index (χ3v) is 2.55. The Labute approximate surface area is 105 Å². The number of benzene rings is 1. The smallest absolute Gasteiger partial charge is 0.305 e. The molecule has 0 unspecified atom stereocenters. The van der Waals surface area contributed by atoms with E-state index in [1.807, 2.05) is 0 Å². The Morgan fingerprint density at radius 3 is 2.94 bits per heavy atom. The average molecular weight is 260 g/mol. The molecule has 0 bridgehead atoms. The number of hydrogen-bond acceptors (Lipinski definition) is 3. The zero-order chi connectivity index (χ0) is 12.7. The number of halogens is 2. The molecule has 0 saturated heterocycles. The third kappa shape index (κ3) is 4.71. The molecule has 1 aromatic rings. The van der Waals surface area contributed by atoms with Crippen LogP contribution in [0.25, 0.3) is 0 Å². The second-order valence-electron chi connectivity index (χ2n) is 3.45. The van der Waals surface area contributed by atoms with Crippen LogP contribution in [0.2, 0.25) is 5.02 Å². The molecule has 17 heavy (non-hydrogen) atoms. The van der Waals surface area contributed by atoms with Crippen molar-refractivity contribution in [2.45, 2.75) is 19.9 Å². The van der Waals surface area contributed by atoms with Crippen molar-refractivity contribution < 1.29 is 13.9 Å². The summed E-state index contributed by atoms with van der Waals surface area (Å²) in [5.41, 5.74) is 0.427. The zero-order valence-electron chi connectivity index (χ0n) is 9.63. The van der Waals surface area contributed by atoms with E-state index in [1.165, 1.54) is 6.07 Å². The SMILES string of the molecule is CCC(=O)OCCNCc1c(F)cccc1Cl. The summed E-state index contributed by atoms with van der Waals surface area (Å²) in [6.07, 6.45) is 0.360. The molecule has 0 radical (unpaired) electrons. The Morgan fingerprint density at radius 2 is 2.29 bits per heavy atom. The number of rotatable bonds is 6. The van der Waals surface area contributed by atoms with Crippen LogP contribution < -0.4 is 5.32 Å². The maximum Gasteiger partial charge on any atom is 0.305 e. The van der Waals surface area contributed by atoms with Gasteiger partial charge in [-0.15, -0.1) is 0 Å². The summed E-state index contributed by atoms with van der Waals surface area (Å²) >= 11 is 5.85. The van der Waals surface area contributed by atoms with Gasteiger partial charge in [0, 0.05) is 30.1 Å².